The quantitative estimate of drug-likeness (QED) is 0.351. The lowest BCUT2D eigenvalue weighted by atomic mass is 10.1. The molecule has 2 amide bonds. The van der Waals surface area contributed by atoms with E-state index in [0.29, 0.717) is 6.42 Å². The summed E-state index contributed by atoms with van der Waals surface area (Å²) < 4.78 is 4.92. The zero-order valence-electron chi connectivity index (χ0n) is 12.1. The number of carbonyl (C=O) groups excluding carboxylic acids is 3. The fourth-order valence-electron chi connectivity index (χ4n) is 1.99. The van der Waals surface area contributed by atoms with Crippen LogP contribution in [0.15, 0.2) is 12.2 Å². The van der Waals surface area contributed by atoms with Crippen LogP contribution in [0.1, 0.15) is 58.3 Å². The molecule has 0 aliphatic carbocycles. The summed E-state index contributed by atoms with van der Waals surface area (Å²) >= 11 is 0. The smallest absolute Gasteiger partial charge is 0.307 e. The molecule has 5 heteroatoms. The molecule has 1 aliphatic rings. The molecule has 0 saturated carbocycles. The van der Waals surface area contributed by atoms with Gasteiger partial charge in [0.15, 0.2) is 6.73 Å². The van der Waals surface area contributed by atoms with E-state index in [4.69, 9.17) is 4.74 Å². The highest BCUT2D eigenvalue weighted by Gasteiger charge is 2.24. The highest BCUT2D eigenvalue weighted by molar-refractivity contribution is 6.12. The molecule has 0 unspecified atom stereocenters. The molecule has 0 aromatic heterocycles. The molecule has 0 bridgehead atoms. The number of amides is 2. The lowest BCUT2D eigenvalue weighted by Crippen LogP contribution is -2.33. The van der Waals surface area contributed by atoms with Gasteiger partial charge in [-0.05, 0) is 6.42 Å². The number of hydrogen-bond donors (Lipinski definition) is 0. The monoisotopic (exact) mass is 281 g/mol. The number of esters is 1. The van der Waals surface area contributed by atoms with Gasteiger partial charge in [-0.3, -0.25) is 14.4 Å². The summed E-state index contributed by atoms with van der Waals surface area (Å²) in [5, 5.41) is 0. The molecule has 0 atom stereocenters. The Balaban J connectivity index is 2.01. The second-order valence-corrected chi connectivity index (χ2v) is 4.95. The highest BCUT2D eigenvalue weighted by Crippen LogP contribution is 2.09. The van der Waals surface area contributed by atoms with E-state index < -0.39 is 11.8 Å². The zero-order valence-corrected chi connectivity index (χ0v) is 12.1. The predicted molar refractivity (Wildman–Crippen MR) is 74.6 cm³/mol. The molecule has 5 nitrogen and oxygen atoms in total. The van der Waals surface area contributed by atoms with Gasteiger partial charge in [-0.15, -0.1) is 0 Å². The van der Waals surface area contributed by atoms with E-state index >= 15 is 0 Å². The number of carbonyl (C=O) groups is 3. The van der Waals surface area contributed by atoms with Gasteiger partial charge in [0, 0.05) is 18.6 Å². The van der Waals surface area contributed by atoms with Crippen molar-refractivity contribution in [3.63, 3.8) is 0 Å². The molecule has 0 spiro atoms. The van der Waals surface area contributed by atoms with E-state index in [1.54, 1.807) is 0 Å². The summed E-state index contributed by atoms with van der Waals surface area (Å²) in [4.78, 5) is 34.8. The van der Waals surface area contributed by atoms with Crippen LogP contribution in [0.2, 0.25) is 0 Å². The van der Waals surface area contributed by atoms with Gasteiger partial charge in [0.2, 0.25) is 0 Å². The van der Waals surface area contributed by atoms with Gasteiger partial charge in [-0.1, -0.05) is 45.4 Å². The average Bonchev–Trinajstić information content (AvgIpc) is 2.75. The average molecular weight is 281 g/mol. The van der Waals surface area contributed by atoms with E-state index in [0.717, 1.165) is 24.2 Å². The first-order valence-electron chi connectivity index (χ1n) is 7.34. The molecule has 0 fully saturated rings. The van der Waals surface area contributed by atoms with Gasteiger partial charge in [0.25, 0.3) is 11.8 Å². The topological polar surface area (TPSA) is 63.7 Å². The lowest BCUT2D eigenvalue weighted by molar-refractivity contribution is -0.154. The third-order valence-electron chi connectivity index (χ3n) is 3.24. The molecule has 20 heavy (non-hydrogen) atoms. The van der Waals surface area contributed by atoms with E-state index in [9.17, 15) is 14.4 Å². The Hall–Kier alpha value is -1.65. The molecule has 1 rings (SSSR count). The van der Waals surface area contributed by atoms with Gasteiger partial charge in [-0.2, -0.15) is 0 Å². The van der Waals surface area contributed by atoms with Crippen LogP contribution in [0.4, 0.5) is 0 Å². The van der Waals surface area contributed by atoms with Crippen LogP contribution in [-0.2, 0) is 19.1 Å². The van der Waals surface area contributed by atoms with Crippen LogP contribution in [0.5, 0.6) is 0 Å². The number of imide groups is 1. The second kappa shape index (κ2) is 9.28. The highest BCUT2D eigenvalue weighted by atomic mass is 16.5. The maximum Gasteiger partial charge on any atom is 0.307 e. The van der Waals surface area contributed by atoms with Crippen LogP contribution >= 0.6 is 0 Å². The molecular weight excluding hydrogens is 258 g/mol. The third kappa shape index (κ3) is 5.99. The number of rotatable bonds is 10. The Morgan fingerprint density at radius 2 is 1.55 bits per heavy atom. The minimum Gasteiger partial charge on any atom is -0.444 e. The SMILES string of the molecule is CCCCCCCCCC(=O)OCN1C(=O)C=CC1=O. The predicted octanol–water partition coefficient (Wildman–Crippen LogP) is 2.55. The number of ether oxygens (including phenoxy) is 1. The summed E-state index contributed by atoms with van der Waals surface area (Å²) in [6.45, 7) is 1.90. The third-order valence-corrected chi connectivity index (χ3v) is 3.24. The Morgan fingerprint density at radius 1 is 1.00 bits per heavy atom. The van der Waals surface area contributed by atoms with Gasteiger partial charge in [0.1, 0.15) is 0 Å². The Morgan fingerprint density at radius 3 is 2.15 bits per heavy atom. The number of unbranched alkanes of at least 4 members (excludes halogenated alkanes) is 6. The largest absolute Gasteiger partial charge is 0.444 e. The summed E-state index contributed by atoms with van der Waals surface area (Å²) in [6, 6.07) is 0. The first-order valence-corrected chi connectivity index (χ1v) is 7.34. The molecule has 0 saturated heterocycles. The molecule has 112 valence electrons. The molecular formula is C15H23NO4. The van der Waals surface area contributed by atoms with Gasteiger partial charge < -0.3 is 4.74 Å². The van der Waals surface area contributed by atoms with Gasteiger partial charge >= 0.3 is 5.97 Å². The fourth-order valence-corrected chi connectivity index (χ4v) is 1.99. The summed E-state index contributed by atoms with van der Waals surface area (Å²) in [5.41, 5.74) is 0. The van der Waals surface area contributed by atoms with Crippen molar-refractivity contribution < 1.29 is 19.1 Å². The van der Waals surface area contributed by atoms with Gasteiger partial charge in [0.05, 0.1) is 0 Å². The second-order valence-electron chi connectivity index (χ2n) is 4.95. The number of hydrogen-bond acceptors (Lipinski definition) is 4. The first kappa shape index (κ1) is 16.4. The Bertz CT molecular complexity index is 358. The van der Waals surface area contributed by atoms with Crippen molar-refractivity contribution in [2.24, 2.45) is 0 Å². The first-order chi connectivity index (χ1) is 9.65. The molecule has 1 heterocycles. The Labute approximate surface area is 120 Å². The van der Waals surface area contributed by atoms with Crippen LogP contribution in [-0.4, -0.2) is 29.4 Å². The standard InChI is InChI=1S/C15H23NO4/c1-2-3-4-5-6-7-8-9-15(19)20-12-16-13(17)10-11-14(16)18/h10-11H,2-9,12H2,1H3. The van der Waals surface area contributed by atoms with Crippen molar-refractivity contribution in [2.75, 3.05) is 6.73 Å². The van der Waals surface area contributed by atoms with Crippen molar-refractivity contribution in [1.29, 1.82) is 0 Å². The molecule has 0 aromatic carbocycles. The van der Waals surface area contributed by atoms with Crippen LogP contribution in [0, 0.1) is 0 Å². The summed E-state index contributed by atoms with van der Waals surface area (Å²) in [7, 11) is 0. The fraction of sp³-hybridized carbons (Fsp3) is 0.667. The van der Waals surface area contributed by atoms with E-state index in [-0.39, 0.29) is 12.7 Å². The molecule has 1 aliphatic heterocycles. The van der Waals surface area contributed by atoms with E-state index in [2.05, 4.69) is 6.92 Å². The summed E-state index contributed by atoms with van der Waals surface area (Å²) in [6.07, 6.45) is 10.6. The van der Waals surface area contributed by atoms with Crippen molar-refractivity contribution in [3.05, 3.63) is 12.2 Å². The normalized spacial score (nSPS) is 14.2. The van der Waals surface area contributed by atoms with Crippen LogP contribution in [0.3, 0.4) is 0 Å². The Kier molecular flexibility index (Phi) is 7.62. The van der Waals surface area contributed by atoms with Crippen molar-refractivity contribution in [3.8, 4) is 0 Å². The van der Waals surface area contributed by atoms with E-state index in [1.807, 2.05) is 0 Å². The minimum absolute atomic E-state index is 0.278. The molecule has 0 aromatic rings. The molecule has 0 N–H and O–H groups in total. The van der Waals surface area contributed by atoms with Crippen LogP contribution in [0.25, 0.3) is 0 Å². The molecule has 0 radical (unpaired) electrons. The lowest BCUT2D eigenvalue weighted by Gasteiger charge is -2.13. The van der Waals surface area contributed by atoms with Crippen molar-refractivity contribution in [2.45, 2.75) is 58.3 Å². The maximum absolute atomic E-state index is 11.5. The van der Waals surface area contributed by atoms with Crippen molar-refractivity contribution >= 4 is 17.8 Å². The maximum atomic E-state index is 11.5. The van der Waals surface area contributed by atoms with E-state index in [1.165, 1.54) is 37.8 Å². The van der Waals surface area contributed by atoms with Gasteiger partial charge in [-0.25, -0.2) is 4.90 Å². The summed E-state index contributed by atoms with van der Waals surface area (Å²) in [5.74, 6) is -1.22. The number of nitrogens with zero attached hydrogens (tertiary/aromatic N) is 1. The zero-order chi connectivity index (χ0) is 14.8. The van der Waals surface area contributed by atoms with Crippen LogP contribution < -0.4 is 0 Å². The van der Waals surface area contributed by atoms with Crippen molar-refractivity contribution in [1.82, 2.24) is 4.90 Å². The minimum atomic E-state index is -0.432.